The van der Waals surface area contributed by atoms with E-state index in [2.05, 4.69) is 0 Å². The molecule has 4 rings (SSSR count). The normalized spacial score (nSPS) is 15.4. The summed E-state index contributed by atoms with van der Waals surface area (Å²) in [6, 6.07) is 30.2. The summed E-state index contributed by atoms with van der Waals surface area (Å²) >= 11 is 0. The lowest BCUT2D eigenvalue weighted by molar-refractivity contribution is 0.00798. The highest BCUT2D eigenvalue weighted by Crippen LogP contribution is 2.32. The van der Waals surface area contributed by atoms with Crippen molar-refractivity contribution in [2.75, 3.05) is 13.2 Å². The molecular weight excluding hydrogens is 452 g/mol. The van der Waals surface area contributed by atoms with Crippen LogP contribution in [-0.4, -0.2) is 24.4 Å². The van der Waals surface area contributed by atoms with Crippen molar-refractivity contribution in [1.82, 2.24) is 0 Å². The second-order valence-corrected chi connectivity index (χ2v) is 8.71. The van der Waals surface area contributed by atoms with Crippen molar-refractivity contribution in [2.45, 2.75) is 45.2 Å². The van der Waals surface area contributed by atoms with Crippen LogP contribution in [0.25, 0.3) is 0 Å². The number of unbranched alkanes of at least 4 members (excludes halogenated alkanes) is 1. The van der Waals surface area contributed by atoms with Gasteiger partial charge >= 0.3 is 0 Å². The van der Waals surface area contributed by atoms with Gasteiger partial charge in [-0.05, 0) is 36.0 Å². The maximum absolute atomic E-state index is 9.28. The molecule has 1 N–H and O–H groups in total. The van der Waals surface area contributed by atoms with Gasteiger partial charge in [0.25, 0.3) is 0 Å². The number of benzene rings is 3. The molecule has 0 saturated carbocycles. The lowest BCUT2D eigenvalue weighted by atomic mass is 10.0. The summed E-state index contributed by atoms with van der Waals surface area (Å²) in [6.45, 7) is 1.75. The lowest BCUT2D eigenvalue weighted by Gasteiger charge is -2.29. The molecule has 5 heteroatoms. The molecule has 0 radical (unpaired) electrons. The van der Waals surface area contributed by atoms with Crippen molar-refractivity contribution in [3.05, 3.63) is 131 Å². The second-order valence-electron chi connectivity index (χ2n) is 8.71. The van der Waals surface area contributed by atoms with Gasteiger partial charge in [-0.15, -0.1) is 0 Å². The number of aliphatic hydroxyl groups is 1. The van der Waals surface area contributed by atoms with E-state index in [1.165, 1.54) is 0 Å². The number of aliphatic hydroxyl groups excluding tert-OH is 1. The first-order valence-electron chi connectivity index (χ1n) is 12.5. The van der Waals surface area contributed by atoms with Crippen molar-refractivity contribution in [2.24, 2.45) is 0 Å². The van der Waals surface area contributed by atoms with E-state index in [-0.39, 0.29) is 13.2 Å². The molecule has 0 saturated heterocycles. The summed E-state index contributed by atoms with van der Waals surface area (Å²) in [4.78, 5) is 0. The van der Waals surface area contributed by atoms with E-state index in [4.69, 9.17) is 18.9 Å². The molecular formula is C31H34O5. The van der Waals surface area contributed by atoms with Crippen molar-refractivity contribution in [3.8, 4) is 0 Å². The highest BCUT2D eigenvalue weighted by atomic mass is 16.6. The third-order valence-electron chi connectivity index (χ3n) is 5.92. The lowest BCUT2D eigenvalue weighted by Crippen LogP contribution is -2.27. The Morgan fingerprint density at radius 1 is 0.667 bits per heavy atom. The zero-order valence-electron chi connectivity index (χ0n) is 20.6. The zero-order chi connectivity index (χ0) is 24.8. The molecule has 0 amide bonds. The van der Waals surface area contributed by atoms with Gasteiger partial charge in [0.2, 0.25) is 0 Å². The minimum absolute atomic E-state index is 0.162. The molecule has 1 atom stereocenters. The van der Waals surface area contributed by atoms with E-state index < -0.39 is 6.10 Å². The zero-order valence-corrected chi connectivity index (χ0v) is 20.6. The van der Waals surface area contributed by atoms with Crippen LogP contribution in [0.2, 0.25) is 0 Å². The molecule has 0 fully saturated rings. The summed E-state index contributed by atoms with van der Waals surface area (Å²) in [6.07, 6.45) is 3.68. The van der Waals surface area contributed by atoms with Crippen LogP contribution >= 0.6 is 0 Å². The van der Waals surface area contributed by atoms with Gasteiger partial charge < -0.3 is 24.1 Å². The number of ether oxygens (including phenoxy) is 4. The third kappa shape index (κ3) is 7.82. The predicted octanol–water partition coefficient (Wildman–Crippen LogP) is 6.29. The fraction of sp³-hybridized carbons (Fsp3) is 0.290. The second kappa shape index (κ2) is 14.2. The van der Waals surface area contributed by atoms with Gasteiger partial charge in [-0.25, -0.2) is 0 Å². The number of rotatable bonds is 14. The Morgan fingerprint density at radius 3 is 1.86 bits per heavy atom. The van der Waals surface area contributed by atoms with E-state index >= 15 is 0 Å². The first kappa shape index (κ1) is 25.7. The van der Waals surface area contributed by atoms with Gasteiger partial charge in [0.05, 0.1) is 19.5 Å². The number of hydrogen-bond donors (Lipinski definition) is 1. The van der Waals surface area contributed by atoms with E-state index in [0.717, 1.165) is 41.5 Å². The van der Waals surface area contributed by atoms with Crippen molar-refractivity contribution >= 4 is 0 Å². The van der Waals surface area contributed by atoms with Crippen molar-refractivity contribution in [1.29, 1.82) is 0 Å². The summed E-state index contributed by atoms with van der Waals surface area (Å²) in [7, 11) is 0. The molecule has 3 aromatic rings. The third-order valence-corrected chi connectivity index (χ3v) is 5.92. The Morgan fingerprint density at radius 2 is 1.25 bits per heavy atom. The SMILES string of the molecule is OCCCCC1=COC(COCc2ccccc2)=C(OCc2ccccc2)[C@@H]1OCc1ccccc1. The molecule has 0 aliphatic carbocycles. The largest absolute Gasteiger partial charge is 0.486 e. The standard InChI is InChI=1S/C31H34O5/c32-19-11-10-18-28-23-34-29(24-33-20-25-12-4-1-5-13-25)31(36-22-27-16-8-3-9-17-27)30(28)35-21-26-14-6-2-7-15-26/h1-9,12-17,23,30,32H,10-11,18-22,24H2/t30-/m1/s1. The van der Waals surface area contributed by atoms with Gasteiger partial charge in [-0.1, -0.05) is 91.0 Å². The van der Waals surface area contributed by atoms with Gasteiger partial charge in [0.15, 0.2) is 11.5 Å². The fourth-order valence-electron chi connectivity index (χ4n) is 3.98. The number of hydrogen-bond acceptors (Lipinski definition) is 5. The first-order valence-corrected chi connectivity index (χ1v) is 12.5. The minimum atomic E-state index is -0.392. The van der Waals surface area contributed by atoms with Crippen LogP contribution in [0.5, 0.6) is 0 Å². The van der Waals surface area contributed by atoms with E-state index in [0.29, 0.717) is 31.3 Å². The fourth-order valence-corrected chi connectivity index (χ4v) is 3.98. The maximum Gasteiger partial charge on any atom is 0.170 e. The van der Waals surface area contributed by atoms with E-state index in [1.807, 2.05) is 91.0 Å². The van der Waals surface area contributed by atoms with Gasteiger partial charge in [0.1, 0.15) is 19.3 Å². The Labute approximate surface area is 213 Å². The smallest absolute Gasteiger partial charge is 0.170 e. The van der Waals surface area contributed by atoms with E-state index in [9.17, 15) is 5.11 Å². The molecule has 0 bridgehead atoms. The molecule has 0 spiro atoms. The van der Waals surface area contributed by atoms with Crippen LogP contribution in [-0.2, 0) is 38.8 Å². The highest BCUT2D eigenvalue weighted by molar-refractivity contribution is 5.27. The van der Waals surface area contributed by atoms with Gasteiger partial charge in [0, 0.05) is 12.2 Å². The van der Waals surface area contributed by atoms with Crippen LogP contribution in [0.15, 0.2) is 114 Å². The minimum Gasteiger partial charge on any atom is -0.486 e. The van der Waals surface area contributed by atoms with Crippen LogP contribution in [0, 0.1) is 0 Å². The molecule has 5 nitrogen and oxygen atoms in total. The average Bonchev–Trinajstić information content (AvgIpc) is 2.93. The summed E-state index contributed by atoms with van der Waals surface area (Å²) < 4.78 is 24.9. The molecule has 36 heavy (non-hydrogen) atoms. The predicted molar refractivity (Wildman–Crippen MR) is 139 cm³/mol. The molecule has 188 valence electrons. The van der Waals surface area contributed by atoms with Crippen LogP contribution in [0.1, 0.15) is 36.0 Å². The molecule has 3 aromatic carbocycles. The molecule has 1 heterocycles. The molecule has 0 unspecified atom stereocenters. The maximum atomic E-state index is 9.28. The summed E-state index contributed by atoms with van der Waals surface area (Å²) in [5.74, 6) is 1.26. The van der Waals surface area contributed by atoms with Crippen LogP contribution in [0.4, 0.5) is 0 Å². The Kier molecular flexibility index (Phi) is 10.2. The Bertz CT molecular complexity index is 1090. The monoisotopic (exact) mass is 486 g/mol. The Balaban J connectivity index is 1.54. The summed E-state index contributed by atoms with van der Waals surface area (Å²) in [5.41, 5.74) is 4.24. The van der Waals surface area contributed by atoms with Crippen molar-refractivity contribution < 1.29 is 24.1 Å². The first-order chi connectivity index (χ1) is 17.8. The molecule has 0 aromatic heterocycles. The molecule has 1 aliphatic heterocycles. The average molecular weight is 487 g/mol. The quantitative estimate of drug-likeness (QED) is 0.271. The van der Waals surface area contributed by atoms with Gasteiger partial charge in [-0.2, -0.15) is 0 Å². The topological polar surface area (TPSA) is 57.2 Å². The van der Waals surface area contributed by atoms with Crippen LogP contribution in [0.3, 0.4) is 0 Å². The van der Waals surface area contributed by atoms with Crippen molar-refractivity contribution in [3.63, 3.8) is 0 Å². The summed E-state index contributed by atoms with van der Waals surface area (Å²) in [5, 5.41) is 9.28. The van der Waals surface area contributed by atoms with E-state index in [1.54, 1.807) is 6.26 Å². The highest BCUT2D eigenvalue weighted by Gasteiger charge is 2.30. The Hall–Kier alpha value is -3.38. The molecule has 1 aliphatic rings. The van der Waals surface area contributed by atoms with Crippen LogP contribution < -0.4 is 0 Å². The van der Waals surface area contributed by atoms with Gasteiger partial charge in [-0.3, -0.25) is 0 Å².